The fraction of sp³-hybridized carbons (Fsp3) is 0.400. The topological polar surface area (TPSA) is 64.1 Å². The van der Waals surface area contributed by atoms with Gasteiger partial charge in [0.25, 0.3) is 6.01 Å². The molecule has 1 aromatic rings. The molecule has 4 nitrogen and oxygen atoms in total. The van der Waals surface area contributed by atoms with E-state index in [-0.39, 0.29) is 6.01 Å². The summed E-state index contributed by atoms with van der Waals surface area (Å²) in [6, 6.07) is 0.222. The maximum absolute atomic E-state index is 5.20. The normalized spacial score (nSPS) is 9.89. The minimum Gasteiger partial charge on any atom is -0.428 e. The number of anilines is 1. The number of nitrogens with one attached hydrogen (secondary N) is 1. The smallest absolute Gasteiger partial charge is 0.292 e. The lowest BCUT2D eigenvalue weighted by molar-refractivity contribution is 0.508. The highest BCUT2D eigenvalue weighted by atomic mass is 16.4. The van der Waals surface area contributed by atoms with Crippen LogP contribution >= 0.6 is 0 Å². The number of nitrogens with two attached hydrogens (primary N) is 1. The van der Waals surface area contributed by atoms with Gasteiger partial charge in [0.2, 0.25) is 0 Å². The molecular formula is C5H9N3O. The van der Waals surface area contributed by atoms with E-state index in [2.05, 4.69) is 10.3 Å². The molecule has 0 aromatic carbocycles. The molecule has 0 unspecified atom stereocenters. The number of nitrogens with zero attached hydrogens (tertiary/aromatic N) is 1. The van der Waals surface area contributed by atoms with Gasteiger partial charge in [0.15, 0.2) is 0 Å². The molecule has 0 saturated heterocycles. The molecule has 0 aliphatic rings. The molecule has 1 heterocycles. The standard InChI is InChI=1S/C5H9N3O/c1-7-2-4-3-8-5(6)9-4/h3,7H,2H2,1H3,(H2,6,8). The van der Waals surface area contributed by atoms with E-state index >= 15 is 0 Å². The van der Waals surface area contributed by atoms with E-state index in [4.69, 9.17) is 10.2 Å². The van der Waals surface area contributed by atoms with Crippen molar-refractivity contribution >= 4 is 6.01 Å². The first-order chi connectivity index (χ1) is 4.33. The summed E-state index contributed by atoms with van der Waals surface area (Å²) in [5.41, 5.74) is 5.20. The summed E-state index contributed by atoms with van der Waals surface area (Å²) in [6.45, 7) is 0.671. The minimum atomic E-state index is 0.222. The van der Waals surface area contributed by atoms with Crippen LogP contribution in [0.25, 0.3) is 0 Å². The number of aromatic nitrogens is 1. The van der Waals surface area contributed by atoms with Crippen molar-refractivity contribution in [1.29, 1.82) is 0 Å². The zero-order valence-corrected chi connectivity index (χ0v) is 5.22. The molecule has 0 saturated carbocycles. The molecule has 4 heteroatoms. The average Bonchev–Trinajstić information content (AvgIpc) is 2.17. The molecule has 50 valence electrons. The summed E-state index contributed by atoms with van der Waals surface area (Å²) in [5.74, 6) is 0.759. The van der Waals surface area contributed by atoms with Gasteiger partial charge in [-0.15, -0.1) is 0 Å². The van der Waals surface area contributed by atoms with Crippen molar-refractivity contribution in [2.24, 2.45) is 0 Å². The fourth-order valence-electron chi connectivity index (χ4n) is 0.579. The largest absolute Gasteiger partial charge is 0.428 e. The van der Waals surface area contributed by atoms with Crippen LogP contribution in [0.15, 0.2) is 10.6 Å². The number of hydrogen-bond donors (Lipinski definition) is 2. The van der Waals surface area contributed by atoms with Gasteiger partial charge in [0.05, 0.1) is 12.7 Å². The molecule has 0 bridgehead atoms. The predicted molar refractivity (Wildman–Crippen MR) is 33.7 cm³/mol. The quantitative estimate of drug-likeness (QED) is 0.585. The lowest BCUT2D eigenvalue weighted by Gasteiger charge is -1.88. The van der Waals surface area contributed by atoms with Crippen molar-refractivity contribution in [3.8, 4) is 0 Å². The maximum atomic E-state index is 5.20. The van der Waals surface area contributed by atoms with Crippen molar-refractivity contribution in [2.45, 2.75) is 6.54 Å². The number of hydrogen-bond acceptors (Lipinski definition) is 4. The third-order valence-electron chi connectivity index (χ3n) is 0.922. The number of oxazole rings is 1. The van der Waals surface area contributed by atoms with Crippen LogP contribution in [0.5, 0.6) is 0 Å². The summed E-state index contributed by atoms with van der Waals surface area (Å²) < 4.78 is 4.93. The van der Waals surface area contributed by atoms with Crippen molar-refractivity contribution in [2.75, 3.05) is 12.8 Å². The van der Waals surface area contributed by atoms with Gasteiger partial charge in [-0.3, -0.25) is 0 Å². The third-order valence-corrected chi connectivity index (χ3v) is 0.922. The van der Waals surface area contributed by atoms with Gasteiger partial charge in [-0.2, -0.15) is 0 Å². The van der Waals surface area contributed by atoms with E-state index in [0.29, 0.717) is 6.54 Å². The Morgan fingerprint density at radius 2 is 2.67 bits per heavy atom. The Bertz CT molecular complexity index is 184. The zero-order valence-electron chi connectivity index (χ0n) is 5.22. The summed E-state index contributed by atoms with van der Waals surface area (Å²) in [7, 11) is 1.83. The van der Waals surface area contributed by atoms with Crippen molar-refractivity contribution in [3.63, 3.8) is 0 Å². The van der Waals surface area contributed by atoms with Crippen molar-refractivity contribution < 1.29 is 4.42 Å². The van der Waals surface area contributed by atoms with E-state index in [9.17, 15) is 0 Å². The van der Waals surface area contributed by atoms with Gasteiger partial charge in [0.1, 0.15) is 5.76 Å². The molecule has 0 spiro atoms. The number of nitrogen functional groups attached to an aromatic ring is 1. The van der Waals surface area contributed by atoms with E-state index < -0.39 is 0 Å². The van der Waals surface area contributed by atoms with Gasteiger partial charge in [-0.05, 0) is 7.05 Å². The molecule has 0 fully saturated rings. The molecule has 0 radical (unpaired) electrons. The molecule has 0 aliphatic carbocycles. The zero-order chi connectivity index (χ0) is 6.69. The average molecular weight is 127 g/mol. The van der Waals surface area contributed by atoms with Crippen LogP contribution in [-0.2, 0) is 6.54 Å². The van der Waals surface area contributed by atoms with Gasteiger partial charge < -0.3 is 15.5 Å². The van der Waals surface area contributed by atoms with E-state index in [1.807, 2.05) is 7.05 Å². The molecule has 3 N–H and O–H groups in total. The molecular weight excluding hydrogens is 118 g/mol. The fourth-order valence-corrected chi connectivity index (χ4v) is 0.579. The van der Waals surface area contributed by atoms with Crippen molar-refractivity contribution in [3.05, 3.63) is 12.0 Å². The van der Waals surface area contributed by atoms with E-state index in [1.54, 1.807) is 6.20 Å². The maximum Gasteiger partial charge on any atom is 0.292 e. The van der Waals surface area contributed by atoms with E-state index in [1.165, 1.54) is 0 Å². The monoisotopic (exact) mass is 127 g/mol. The van der Waals surface area contributed by atoms with Crippen LogP contribution in [0.3, 0.4) is 0 Å². The predicted octanol–water partition coefficient (Wildman–Crippen LogP) is -0.0238. The first kappa shape index (κ1) is 6.10. The second-order valence-electron chi connectivity index (χ2n) is 1.70. The van der Waals surface area contributed by atoms with Crippen LogP contribution in [0.2, 0.25) is 0 Å². The van der Waals surface area contributed by atoms with Crippen LogP contribution in [-0.4, -0.2) is 12.0 Å². The Kier molecular flexibility index (Phi) is 1.69. The second kappa shape index (κ2) is 2.50. The first-order valence-corrected chi connectivity index (χ1v) is 2.67. The molecule has 0 atom stereocenters. The Morgan fingerprint density at radius 3 is 3.11 bits per heavy atom. The van der Waals surface area contributed by atoms with Crippen LogP contribution in [0.4, 0.5) is 6.01 Å². The van der Waals surface area contributed by atoms with Crippen LogP contribution < -0.4 is 11.1 Å². The highest BCUT2D eigenvalue weighted by Gasteiger charge is 1.95. The lowest BCUT2D eigenvalue weighted by Crippen LogP contribution is -2.03. The number of rotatable bonds is 2. The molecule has 9 heavy (non-hydrogen) atoms. The highest BCUT2D eigenvalue weighted by Crippen LogP contribution is 2.02. The molecule has 1 aromatic heterocycles. The third kappa shape index (κ3) is 1.43. The molecule has 0 amide bonds. The van der Waals surface area contributed by atoms with Gasteiger partial charge in [0, 0.05) is 0 Å². The Hall–Kier alpha value is -1.03. The van der Waals surface area contributed by atoms with Crippen LogP contribution in [0, 0.1) is 0 Å². The summed E-state index contributed by atoms with van der Waals surface area (Å²) in [5, 5.41) is 2.91. The Morgan fingerprint density at radius 1 is 1.89 bits per heavy atom. The minimum absolute atomic E-state index is 0.222. The first-order valence-electron chi connectivity index (χ1n) is 2.67. The Labute approximate surface area is 53.1 Å². The van der Waals surface area contributed by atoms with Crippen molar-refractivity contribution in [1.82, 2.24) is 10.3 Å². The van der Waals surface area contributed by atoms with Gasteiger partial charge >= 0.3 is 0 Å². The van der Waals surface area contributed by atoms with E-state index in [0.717, 1.165) is 5.76 Å². The van der Waals surface area contributed by atoms with Gasteiger partial charge in [-0.25, -0.2) is 4.98 Å². The summed E-state index contributed by atoms with van der Waals surface area (Å²) >= 11 is 0. The Balaban J connectivity index is 2.61. The van der Waals surface area contributed by atoms with Crippen LogP contribution in [0.1, 0.15) is 5.76 Å². The summed E-state index contributed by atoms with van der Waals surface area (Å²) in [6.07, 6.45) is 1.60. The highest BCUT2D eigenvalue weighted by molar-refractivity contribution is 5.10. The second-order valence-corrected chi connectivity index (χ2v) is 1.70. The van der Waals surface area contributed by atoms with Gasteiger partial charge in [-0.1, -0.05) is 0 Å². The SMILES string of the molecule is CNCc1cnc(N)o1. The molecule has 0 aliphatic heterocycles. The molecule has 1 rings (SSSR count). The lowest BCUT2D eigenvalue weighted by atomic mass is 10.5. The summed E-state index contributed by atoms with van der Waals surface area (Å²) in [4.78, 5) is 3.71.